The maximum absolute atomic E-state index is 12.1. The molecule has 19 heavy (non-hydrogen) atoms. The Labute approximate surface area is 122 Å². The standard InChI is InChI=1S/C10H19O6PS2/c1-5-10(6-2,7-8(11)12)9(13)16-19-17(18,14-3)15-4/h5-7H2,1-4H3,(H,11,12). The van der Waals surface area contributed by atoms with Gasteiger partial charge in [-0.3, -0.25) is 9.59 Å². The summed E-state index contributed by atoms with van der Waals surface area (Å²) in [5.41, 5.74) is -3.74. The van der Waals surface area contributed by atoms with Crippen LogP contribution in [0.2, 0.25) is 0 Å². The van der Waals surface area contributed by atoms with E-state index in [1.807, 2.05) is 0 Å². The summed E-state index contributed by atoms with van der Waals surface area (Å²) in [6.45, 7) is 3.50. The lowest BCUT2D eigenvalue weighted by Gasteiger charge is -2.27. The Morgan fingerprint density at radius 1 is 1.26 bits per heavy atom. The number of carbonyl (C=O) groups excluding carboxylic acids is 1. The van der Waals surface area contributed by atoms with Crippen molar-refractivity contribution in [3.63, 3.8) is 0 Å². The van der Waals surface area contributed by atoms with E-state index in [-0.39, 0.29) is 6.42 Å². The fourth-order valence-electron chi connectivity index (χ4n) is 1.45. The molecular weight excluding hydrogens is 311 g/mol. The van der Waals surface area contributed by atoms with Gasteiger partial charge in [0.2, 0.25) is 0 Å². The highest BCUT2D eigenvalue weighted by atomic mass is 32.9. The first kappa shape index (κ1) is 18.9. The van der Waals surface area contributed by atoms with Gasteiger partial charge in [-0.2, -0.15) is 0 Å². The molecule has 0 saturated heterocycles. The lowest BCUT2D eigenvalue weighted by atomic mass is 9.79. The molecule has 0 saturated carbocycles. The summed E-state index contributed by atoms with van der Waals surface area (Å²) in [6, 6.07) is 0. The third kappa shape index (κ3) is 5.39. The largest absolute Gasteiger partial charge is 0.481 e. The Morgan fingerprint density at radius 2 is 1.74 bits per heavy atom. The number of hydrogen-bond donors (Lipinski definition) is 1. The smallest absolute Gasteiger partial charge is 0.325 e. The molecule has 0 amide bonds. The van der Waals surface area contributed by atoms with Crippen LogP contribution >= 0.6 is 17.4 Å². The Bertz CT molecular complexity index is 361. The minimum atomic E-state index is -2.70. The summed E-state index contributed by atoms with van der Waals surface area (Å²) >= 11 is 5.70. The Balaban J connectivity index is 4.85. The van der Waals surface area contributed by atoms with Gasteiger partial charge in [-0.25, -0.2) is 0 Å². The number of carboxylic acids is 1. The quantitative estimate of drug-likeness (QED) is 0.510. The molecule has 112 valence electrons. The van der Waals surface area contributed by atoms with E-state index < -0.39 is 23.0 Å². The minimum absolute atomic E-state index is 0.276. The molecule has 0 aliphatic carbocycles. The highest BCUT2D eigenvalue weighted by Crippen LogP contribution is 2.60. The van der Waals surface area contributed by atoms with Gasteiger partial charge in [0.1, 0.15) is 0 Å². The van der Waals surface area contributed by atoms with Gasteiger partial charge >= 0.3 is 11.9 Å². The topological polar surface area (TPSA) is 82.1 Å². The fourth-order valence-corrected chi connectivity index (χ4v) is 3.18. The van der Waals surface area contributed by atoms with Gasteiger partial charge in [0.05, 0.1) is 11.8 Å². The van der Waals surface area contributed by atoms with Crippen molar-refractivity contribution in [3.05, 3.63) is 0 Å². The molecule has 9 heteroatoms. The van der Waals surface area contributed by atoms with Gasteiger partial charge < -0.3 is 18.3 Å². The lowest BCUT2D eigenvalue weighted by molar-refractivity contribution is -0.153. The third-order valence-electron chi connectivity index (χ3n) is 2.93. The Kier molecular flexibility index (Phi) is 8.15. The van der Waals surface area contributed by atoms with Gasteiger partial charge in [-0.15, -0.1) is 0 Å². The maximum atomic E-state index is 12.1. The monoisotopic (exact) mass is 330 g/mol. The molecule has 6 nitrogen and oxygen atoms in total. The van der Waals surface area contributed by atoms with Gasteiger partial charge in [0.25, 0.3) is 5.69 Å². The zero-order valence-corrected chi connectivity index (χ0v) is 13.9. The predicted octanol–water partition coefficient (Wildman–Crippen LogP) is 2.98. The van der Waals surface area contributed by atoms with E-state index in [2.05, 4.69) is 0 Å². The number of carboxylic acid groups (broad SMARTS) is 1. The number of carbonyl (C=O) groups is 2. The first-order valence-corrected chi connectivity index (χ1v) is 9.61. The molecule has 0 aromatic heterocycles. The average Bonchev–Trinajstić information content (AvgIpc) is 2.41. The molecule has 0 aromatic carbocycles. The van der Waals surface area contributed by atoms with Crippen molar-refractivity contribution in [3.8, 4) is 0 Å². The van der Waals surface area contributed by atoms with Gasteiger partial charge in [0, 0.05) is 14.2 Å². The Morgan fingerprint density at radius 3 is 2.05 bits per heavy atom. The molecule has 0 aliphatic rings. The van der Waals surface area contributed by atoms with Crippen molar-refractivity contribution in [1.82, 2.24) is 0 Å². The van der Waals surface area contributed by atoms with Crippen LogP contribution in [0.4, 0.5) is 0 Å². The predicted molar refractivity (Wildman–Crippen MR) is 77.3 cm³/mol. The van der Waals surface area contributed by atoms with E-state index in [4.69, 9.17) is 30.1 Å². The molecule has 0 unspecified atom stereocenters. The highest BCUT2D eigenvalue weighted by molar-refractivity contribution is 8.66. The maximum Gasteiger partial charge on any atom is 0.325 e. The summed E-state index contributed by atoms with van der Waals surface area (Å²) in [5, 5.41) is 8.90. The second-order valence-corrected chi connectivity index (χ2v) is 9.78. The molecule has 0 aromatic rings. The van der Waals surface area contributed by atoms with Crippen molar-refractivity contribution >= 4 is 41.1 Å². The molecule has 1 N–H and O–H groups in total. The van der Waals surface area contributed by atoms with Gasteiger partial charge in [-0.1, -0.05) is 13.8 Å². The van der Waals surface area contributed by atoms with E-state index in [0.29, 0.717) is 24.5 Å². The summed E-state index contributed by atoms with van der Waals surface area (Å²) in [4.78, 5) is 23.0. The first-order valence-electron chi connectivity index (χ1n) is 5.63. The molecule has 0 atom stereocenters. The van der Waals surface area contributed by atoms with E-state index in [1.165, 1.54) is 14.2 Å². The summed E-state index contributed by atoms with van der Waals surface area (Å²) in [5.74, 6) is -1.64. The molecule has 0 spiro atoms. The van der Waals surface area contributed by atoms with Crippen molar-refractivity contribution < 1.29 is 27.9 Å². The van der Waals surface area contributed by atoms with Crippen molar-refractivity contribution in [2.45, 2.75) is 33.1 Å². The van der Waals surface area contributed by atoms with Crippen molar-refractivity contribution in [2.75, 3.05) is 14.2 Å². The van der Waals surface area contributed by atoms with E-state index in [0.717, 1.165) is 0 Å². The molecule has 0 heterocycles. The van der Waals surface area contributed by atoms with E-state index in [9.17, 15) is 9.59 Å². The highest BCUT2D eigenvalue weighted by Gasteiger charge is 2.40. The normalized spacial score (nSPS) is 12.2. The van der Waals surface area contributed by atoms with Crippen LogP contribution in [0.15, 0.2) is 0 Å². The van der Waals surface area contributed by atoms with Crippen LogP contribution in [0.25, 0.3) is 0 Å². The van der Waals surface area contributed by atoms with Crippen LogP contribution in [0.5, 0.6) is 0 Å². The molecule has 0 rings (SSSR count). The molecular formula is C10H19O6PS2. The zero-order valence-electron chi connectivity index (χ0n) is 11.4. The van der Waals surface area contributed by atoms with Crippen molar-refractivity contribution in [2.24, 2.45) is 5.41 Å². The number of aliphatic carboxylic acids is 1. The number of hydrogen-bond acceptors (Lipinski definition) is 7. The Hall–Kier alpha value is -0.140. The zero-order chi connectivity index (χ0) is 15.1. The molecule has 0 radical (unpaired) electrons. The SMILES string of the molecule is CCC(CC)(CC(=O)O)C(=O)OSP(=S)(OC)OC. The van der Waals surface area contributed by atoms with Crippen molar-refractivity contribution in [1.29, 1.82) is 0 Å². The minimum Gasteiger partial charge on any atom is -0.481 e. The summed E-state index contributed by atoms with van der Waals surface area (Å²) in [6.07, 6.45) is 0.471. The van der Waals surface area contributed by atoms with Gasteiger partial charge in [0.15, 0.2) is 11.7 Å². The van der Waals surface area contributed by atoms with Crippen LogP contribution in [0.1, 0.15) is 33.1 Å². The lowest BCUT2D eigenvalue weighted by Crippen LogP contribution is -2.33. The van der Waals surface area contributed by atoms with Crippen LogP contribution in [-0.2, 0) is 34.6 Å². The third-order valence-corrected chi connectivity index (χ3v) is 7.34. The first-order chi connectivity index (χ1) is 8.79. The fraction of sp³-hybridized carbons (Fsp3) is 0.800. The summed E-state index contributed by atoms with van der Waals surface area (Å²) < 4.78 is 15.0. The van der Waals surface area contributed by atoms with Crippen LogP contribution in [0.3, 0.4) is 0 Å². The van der Waals surface area contributed by atoms with Crippen LogP contribution in [-0.4, -0.2) is 31.3 Å². The summed E-state index contributed by atoms with van der Waals surface area (Å²) in [7, 11) is 2.74. The average molecular weight is 330 g/mol. The second kappa shape index (κ2) is 8.21. The molecule has 0 aliphatic heterocycles. The molecule has 0 bridgehead atoms. The molecule has 0 fully saturated rings. The number of rotatable bonds is 9. The van der Waals surface area contributed by atoms with E-state index >= 15 is 0 Å². The van der Waals surface area contributed by atoms with Crippen LogP contribution < -0.4 is 0 Å². The van der Waals surface area contributed by atoms with Gasteiger partial charge in [-0.05, 0) is 24.6 Å². The van der Waals surface area contributed by atoms with E-state index in [1.54, 1.807) is 13.8 Å². The second-order valence-electron chi connectivity index (χ2n) is 3.82. The van der Waals surface area contributed by atoms with Crippen LogP contribution in [0, 0.1) is 5.41 Å².